The molecule has 6 nitrogen and oxygen atoms in total. The number of rotatable bonds is 0. The Labute approximate surface area is 123 Å². The van der Waals surface area contributed by atoms with E-state index in [-0.39, 0.29) is 53.0 Å². The molecular weight excluding hydrogens is 375 g/mol. The smallest absolute Gasteiger partial charge is 0.512 e. The van der Waals surface area contributed by atoms with Crippen LogP contribution in [0.3, 0.4) is 0 Å². The van der Waals surface area contributed by atoms with Gasteiger partial charge in [0.15, 0.2) is 0 Å². The molecule has 0 aromatic carbocycles. The molecule has 0 heterocycles. The van der Waals surface area contributed by atoms with E-state index in [9.17, 15) is 0 Å². The summed E-state index contributed by atoms with van der Waals surface area (Å²) in [5, 5.41) is 37.5. The van der Waals surface area contributed by atoms with E-state index in [0.717, 1.165) is 0 Å². The van der Waals surface area contributed by atoms with Crippen molar-refractivity contribution in [3.63, 3.8) is 0 Å². The third-order valence-corrected chi connectivity index (χ3v) is 0. The van der Waals surface area contributed by atoms with Crippen LogP contribution in [-0.2, 0) is 53.0 Å². The zero-order chi connectivity index (χ0) is 12.0. The standard InChI is InChI=1S/6CN.2Co.Ru/c6*1-2;;;/q6*-1;3*+2. The van der Waals surface area contributed by atoms with Crippen molar-refractivity contribution in [2.75, 3.05) is 0 Å². The molecular formula is C6Co2N6Ru. The van der Waals surface area contributed by atoms with Crippen LogP contribution in [0.4, 0.5) is 0 Å². The number of hydrogen-bond acceptors (Lipinski definition) is 6. The molecule has 2 radical (unpaired) electrons. The monoisotopic (exact) mass is 376 g/mol. The first kappa shape index (κ1) is 103. The second kappa shape index (κ2) is 832. The predicted octanol–water partition coefficient (Wildman–Crippen LogP) is 0.571. The van der Waals surface area contributed by atoms with Crippen molar-refractivity contribution >= 4 is 0 Å². The summed E-state index contributed by atoms with van der Waals surface area (Å²) in [5.41, 5.74) is 0. The minimum atomic E-state index is 0. The average Bonchev–Trinajstić information content (AvgIpc) is 2.33. The largest absolute Gasteiger partial charge is 2.00 e. The van der Waals surface area contributed by atoms with Gasteiger partial charge in [0.1, 0.15) is 0 Å². The maximum atomic E-state index is 6.25. The van der Waals surface area contributed by atoms with Crippen LogP contribution in [0.15, 0.2) is 0 Å². The fourth-order valence-corrected chi connectivity index (χ4v) is 0. The van der Waals surface area contributed by atoms with Gasteiger partial charge in [-0.3, -0.25) is 0 Å². The molecule has 0 unspecified atom stereocenters. The van der Waals surface area contributed by atoms with Gasteiger partial charge in [-0.25, -0.2) is 0 Å². The predicted molar refractivity (Wildman–Crippen MR) is 29.8 cm³/mol. The summed E-state index contributed by atoms with van der Waals surface area (Å²) in [6, 6.07) is 0. The molecule has 0 aliphatic carbocycles. The van der Waals surface area contributed by atoms with E-state index in [1.807, 2.05) is 0 Å². The molecule has 15 heavy (non-hydrogen) atoms. The molecule has 0 aromatic rings. The van der Waals surface area contributed by atoms with E-state index in [1.54, 1.807) is 0 Å². The quantitative estimate of drug-likeness (QED) is 0.447. The third-order valence-electron chi connectivity index (χ3n) is 0. The molecule has 0 bridgehead atoms. The first-order valence-electron chi connectivity index (χ1n) is 1.34. The van der Waals surface area contributed by atoms with Gasteiger partial charge in [0.25, 0.3) is 0 Å². The van der Waals surface area contributed by atoms with Crippen LogP contribution >= 0.6 is 0 Å². The number of hydrogen-bond donors (Lipinski definition) is 0. The molecule has 0 spiro atoms. The van der Waals surface area contributed by atoms with Crippen LogP contribution in [0.2, 0.25) is 0 Å². The van der Waals surface area contributed by atoms with Crippen LogP contribution in [0, 0.1) is 71.0 Å². The van der Waals surface area contributed by atoms with Crippen molar-refractivity contribution in [2.24, 2.45) is 0 Å². The maximum absolute atomic E-state index is 6.25. The van der Waals surface area contributed by atoms with Gasteiger partial charge in [-0.1, -0.05) is 0 Å². The first-order chi connectivity index (χ1) is 6.00. The fourth-order valence-electron chi connectivity index (χ4n) is 0. The maximum Gasteiger partial charge on any atom is 2.00 e. The summed E-state index contributed by atoms with van der Waals surface area (Å²) in [5.74, 6) is 0. The van der Waals surface area contributed by atoms with Gasteiger partial charge in [0, 0.05) is 0 Å². The normalized spacial score (nSPS) is 0.800. The van der Waals surface area contributed by atoms with Crippen molar-refractivity contribution < 1.29 is 53.0 Å². The SMILES string of the molecule is [C-]#N.[C-]#N.[C-]#N.[C-]#N.[C-]#N.[C-]#N.[Co+2].[Co+2].[Ru+2]. The molecule has 0 aliphatic rings. The minimum absolute atomic E-state index is 0. The van der Waals surface area contributed by atoms with Gasteiger partial charge in [0.05, 0.1) is 0 Å². The van der Waals surface area contributed by atoms with Crippen LogP contribution in [-0.4, -0.2) is 0 Å². The van der Waals surface area contributed by atoms with Crippen molar-refractivity contribution in [1.82, 2.24) is 0 Å². The van der Waals surface area contributed by atoms with Crippen molar-refractivity contribution in [1.29, 1.82) is 31.6 Å². The molecule has 0 N–H and O–H groups in total. The molecule has 0 fully saturated rings. The molecule has 0 rings (SSSR count). The summed E-state index contributed by atoms with van der Waals surface area (Å²) < 4.78 is 0. The topological polar surface area (TPSA) is 143 Å². The number of nitrogens with zero attached hydrogens (tertiary/aromatic N) is 6. The van der Waals surface area contributed by atoms with Crippen LogP contribution in [0.5, 0.6) is 0 Å². The van der Waals surface area contributed by atoms with E-state index in [2.05, 4.69) is 0 Å². The van der Waals surface area contributed by atoms with E-state index < -0.39 is 0 Å². The second-order valence-corrected chi connectivity index (χ2v) is 0. The molecule has 80 valence electrons. The summed E-state index contributed by atoms with van der Waals surface area (Å²) in [7, 11) is 0. The molecule has 9 heteroatoms. The zero-order valence-corrected chi connectivity index (χ0v) is 10.5. The average molecular weight is 375 g/mol. The second-order valence-electron chi connectivity index (χ2n) is 0. The Morgan fingerprint density at radius 3 is 0.333 bits per heavy atom. The molecule has 0 aliphatic heterocycles. The molecule has 0 atom stereocenters. The zero-order valence-electron chi connectivity index (χ0n) is 6.70. The Bertz CT molecular complexity index is 101. The Balaban J connectivity index is -0.00000000396. The van der Waals surface area contributed by atoms with Crippen LogP contribution in [0.1, 0.15) is 0 Å². The Hall–Kier alpha value is -1.42. The summed E-state index contributed by atoms with van der Waals surface area (Å²) >= 11 is 0. The Kier molecular flexibility index (Phi) is 5680. The first-order valence-corrected chi connectivity index (χ1v) is 1.34. The van der Waals surface area contributed by atoms with Gasteiger partial charge >= 0.3 is 53.0 Å². The summed E-state index contributed by atoms with van der Waals surface area (Å²) in [6.45, 7) is 28.5. The van der Waals surface area contributed by atoms with Crippen molar-refractivity contribution in [2.45, 2.75) is 0 Å². The Morgan fingerprint density at radius 2 is 0.333 bits per heavy atom. The van der Waals surface area contributed by atoms with Crippen molar-refractivity contribution in [3.8, 4) is 0 Å². The van der Waals surface area contributed by atoms with Crippen molar-refractivity contribution in [3.05, 3.63) is 39.4 Å². The fraction of sp³-hybridized carbons (Fsp3) is 0. The van der Waals surface area contributed by atoms with Gasteiger partial charge in [-0.2, -0.15) is 0 Å². The summed E-state index contributed by atoms with van der Waals surface area (Å²) in [4.78, 5) is 0. The van der Waals surface area contributed by atoms with Crippen LogP contribution in [0.25, 0.3) is 0 Å². The molecule has 0 amide bonds. The van der Waals surface area contributed by atoms with E-state index in [1.165, 1.54) is 0 Å². The minimum Gasteiger partial charge on any atom is -0.512 e. The van der Waals surface area contributed by atoms with Gasteiger partial charge in [0.2, 0.25) is 0 Å². The summed E-state index contributed by atoms with van der Waals surface area (Å²) in [6.07, 6.45) is 0. The van der Waals surface area contributed by atoms with Gasteiger partial charge in [-0.05, 0) is 0 Å². The van der Waals surface area contributed by atoms with E-state index in [0.29, 0.717) is 0 Å². The van der Waals surface area contributed by atoms with Gasteiger partial charge in [-0.15, -0.1) is 0 Å². The third kappa shape index (κ3) is 694. The molecule has 0 saturated carbocycles. The van der Waals surface area contributed by atoms with E-state index in [4.69, 9.17) is 71.0 Å². The van der Waals surface area contributed by atoms with E-state index >= 15 is 0 Å². The molecule has 0 aromatic heterocycles. The van der Waals surface area contributed by atoms with Crippen LogP contribution < -0.4 is 0 Å². The van der Waals surface area contributed by atoms with Gasteiger partial charge < -0.3 is 71.0 Å². The molecule has 0 saturated heterocycles. The Morgan fingerprint density at radius 1 is 0.333 bits per heavy atom.